The van der Waals surface area contributed by atoms with E-state index in [1.54, 1.807) is 29.2 Å². The number of anilines is 3. The number of hydrogen-bond acceptors (Lipinski definition) is 7. The van der Waals surface area contributed by atoms with Crippen LogP contribution in [0.4, 0.5) is 30.6 Å². The maximum Gasteiger partial charge on any atom is 0.421 e. The van der Waals surface area contributed by atoms with Gasteiger partial charge < -0.3 is 25.8 Å². The summed E-state index contributed by atoms with van der Waals surface area (Å²) in [7, 11) is 2.02. The van der Waals surface area contributed by atoms with E-state index in [9.17, 15) is 22.8 Å². The van der Waals surface area contributed by atoms with Crippen LogP contribution in [0, 0.1) is 0 Å². The number of carbonyl (C=O) groups excluding carboxylic acids is 2. The van der Waals surface area contributed by atoms with Crippen molar-refractivity contribution in [3.63, 3.8) is 0 Å². The highest BCUT2D eigenvalue weighted by Crippen LogP contribution is 2.35. The Morgan fingerprint density at radius 3 is 2.24 bits per heavy atom. The second kappa shape index (κ2) is 12.4. The maximum atomic E-state index is 13.7. The molecular formula is C26H36F3N7O2. The molecule has 1 saturated carbocycles. The molecule has 2 heterocycles. The number of benzene rings is 1. The topological polar surface area (TPSA) is 102 Å². The lowest BCUT2D eigenvalue weighted by Gasteiger charge is -2.33. The smallest absolute Gasteiger partial charge is 0.365 e. The molecule has 4 rings (SSSR count). The van der Waals surface area contributed by atoms with Crippen molar-refractivity contribution in [1.82, 2.24) is 25.1 Å². The predicted molar refractivity (Wildman–Crippen MR) is 140 cm³/mol. The van der Waals surface area contributed by atoms with Gasteiger partial charge in [0.05, 0.1) is 0 Å². The molecule has 12 heteroatoms. The molecule has 3 N–H and O–H groups in total. The average molecular weight is 536 g/mol. The number of rotatable bonds is 6. The highest BCUT2D eigenvalue weighted by molar-refractivity contribution is 5.94. The summed E-state index contributed by atoms with van der Waals surface area (Å²) in [6.07, 6.45) is -0.890. The summed E-state index contributed by atoms with van der Waals surface area (Å²) < 4.78 is 41.1. The van der Waals surface area contributed by atoms with E-state index < -0.39 is 11.7 Å². The van der Waals surface area contributed by atoms with Crippen LogP contribution < -0.4 is 16.0 Å². The Morgan fingerprint density at radius 2 is 1.63 bits per heavy atom. The maximum absolute atomic E-state index is 13.7. The zero-order valence-electron chi connectivity index (χ0n) is 20.9. The second-order valence-electron chi connectivity index (χ2n) is 9.59. The van der Waals surface area contributed by atoms with E-state index >= 15 is 0 Å². The van der Waals surface area contributed by atoms with E-state index in [0.717, 1.165) is 32.1 Å². The second-order valence-corrected chi connectivity index (χ2v) is 9.59. The van der Waals surface area contributed by atoms with E-state index in [2.05, 4.69) is 30.8 Å². The number of likely N-dealkylation sites (N-methyl/N-ethyl adjacent to an activating group) is 1. The van der Waals surface area contributed by atoms with Gasteiger partial charge in [-0.25, -0.2) is 4.98 Å². The highest BCUT2D eigenvalue weighted by Gasteiger charge is 2.37. The monoisotopic (exact) mass is 535 g/mol. The fourth-order valence-electron chi connectivity index (χ4n) is 4.69. The van der Waals surface area contributed by atoms with Crippen LogP contribution in [0.15, 0.2) is 30.5 Å². The van der Waals surface area contributed by atoms with Crippen molar-refractivity contribution in [1.29, 1.82) is 0 Å². The minimum atomic E-state index is -4.65. The van der Waals surface area contributed by atoms with Gasteiger partial charge in [0.25, 0.3) is 5.91 Å². The first-order valence-electron chi connectivity index (χ1n) is 12.4. The van der Waals surface area contributed by atoms with Crippen molar-refractivity contribution in [2.75, 3.05) is 43.9 Å². The van der Waals surface area contributed by atoms with Gasteiger partial charge in [0.1, 0.15) is 11.4 Å². The van der Waals surface area contributed by atoms with E-state index in [0.29, 0.717) is 37.2 Å². The Bertz CT molecular complexity index is 1100. The van der Waals surface area contributed by atoms with E-state index in [1.165, 1.54) is 6.92 Å². The number of aromatic nitrogens is 2. The molecule has 38 heavy (non-hydrogen) atoms. The van der Waals surface area contributed by atoms with Gasteiger partial charge in [-0.1, -0.05) is 20.3 Å². The summed E-state index contributed by atoms with van der Waals surface area (Å²) >= 11 is 0. The van der Waals surface area contributed by atoms with Gasteiger partial charge in [0.15, 0.2) is 0 Å². The van der Waals surface area contributed by atoms with Crippen LogP contribution >= 0.6 is 0 Å². The molecule has 2 aliphatic rings. The summed E-state index contributed by atoms with van der Waals surface area (Å²) in [6, 6.07) is 6.01. The number of hydrogen-bond donors (Lipinski definition) is 3. The van der Waals surface area contributed by atoms with Gasteiger partial charge in [-0.15, -0.1) is 0 Å². The first-order chi connectivity index (χ1) is 17.6. The Hall–Kier alpha value is -3.41. The Labute approximate surface area is 221 Å². The number of piperazine rings is 1. The van der Waals surface area contributed by atoms with E-state index in [4.69, 9.17) is 0 Å². The third-order valence-electron chi connectivity index (χ3n) is 6.75. The van der Waals surface area contributed by atoms with Gasteiger partial charge in [-0.2, -0.15) is 18.2 Å². The molecule has 0 unspecified atom stereocenters. The molecule has 1 aliphatic heterocycles. The molecule has 208 valence electrons. The van der Waals surface area contributed by atoms with Gasteiger partial charge in [0.2, 0.25) is 11.9 Å². The van der Waals surface area contributed by atoms with Crippen molar-refractivity contribution in [2.24, 2.45) is 0 Å². The van der Waals surface area contributed by atoms with Gasteiger partial charge in [-0.05, 0) is 44.2 Å². The zero-order valence-corrected chi connectivity index (χ0v) is 20.9. The third-order valence-corrected chi connectivity index (χ3v) is 6.75. The minimum Gasteiger partial charge on any atom is -0.365 e. The number of amides is 2. The summed E-state index contributed by atoms with van der Waals surface area (Å²) in [5, 5.41) is 8.68. The molecule has 2 aromatic rings. The molecule has 0 radical (unpaired) electrons. The quantitative estimate of drug-likeness (QED) is 0.511. The van der Waals surface area contributed by atoms with Crippen LogP contribution in [0.25, 0.3) is 0 Å². The molecule has 0 bridgehead atoms. The minimum absolute atomic E-state index is 0. The van der Waals surface area contributed by atoms with Gasteiger partial charge in [0, 0.05) is 62.6 Å². The lowest BCUT2D eigenvalue weighted by atomic mass is 9.90. The molecule has 2 atom stereocenters. The largest absolute Gasteiger partial charge is 0.421 e. The summed E-state index contributed by atoms with van der Waals surface area (Å²) in [5.41, 5.74) is 0.0971. The first-order valence-corrected chi connectivity index (χ1v) is 12.4. The van der Waals surface area contributed by atoms with E-state index in [1.807, 2.05) is 7.05 Å². The lowest BCUT2D eigenvalue weighted by Crippen LogP contribution is -2.48. The first kappa shape index (κ1) is 29.2. The predicted octanol–water partition coefficient (Wildman–Crippen LogP) is 4.12. The van der Waals surface area contributed by atoms with Gasteiger partial charge in [-0.3, -0.25) is 9.59 Å². The van der Waals surface area contributed by atoms with Gasteiger partial charge >= 0.3 is 6.18 Å². The number of alkyl halides is 3. The summed E-state index contributed by atoms with van der Waals surface area (Å²) in [5.74, 6) is -0.637. The number of halogens is 3. The Kier molecular flexibility index (Phi) is 9.53. The van der Waals surface area contributed by atoms with Crippen LogP contribution in [-0.2, 0) is 11.0 Å². The molecule has 1 saturated heterocycles. The average Bonchev–Trinajstić information content (AvgIpc) is 2.85. The number of carbonyl (C=O) groups is 2. The van der Waals surface area contributed by atoms with Crippen LogP contribution in [0.3, 0.4) is 0 Å². The molecule has 1 aromatic heterocycles. The zero-order chi connectivity index (χ0) is 26.6. The SMILES string of the molecule is C.CC(=O)N[C@H]1CCCC[C@H]1Nc1nc(Nc2ccc(C(=O)N3CCN(C)CC3)cc2)ncc1C(F)(F)F. The number of nitrogens with one attached hydrogen (secondary N) is 3. The number of nitrogens with zero attached hydrogens (tertiary/aromatic N) is 4. The Balaban J connectivity index is 0.00000400. The third kappa shape index (κ3) is 7.33. The fourth-order valence-corrected chi connectivity index (χ4v) is 4.69. The fraction of sp³-hybridized carbons (Fsp3) is 0.538. The molecule has 1 aliphatic carbocycles. The lowest BCUT2D eigenvalue weighted by molar-refractivity contribution is -0.137. The molecule has 2 fully saturated rings. The molecule has 1 aromatic carbocycles. The van der Waals surface area contributed by atoms with Crippen molar-refractivity contribution < 1.29 is 22.8 Å². The van der Waals surface area contributed by atoms with Crippen molar-refractivity contribution in [3.8, 4) is 0 Å². The van der Waals surface area contributed by atoms with E-state index in [-0.39, 0.29) is 43.1 Å². The standard InChI is InChI=1S/C25H32F3N7O2.CH4/c1-16(36)30-20-5-3-4-6-21(20)32-22-19(25(26,27)28)15-29-24(33-22)31-18-9-7-17(8-10-18)23(37)35-13-11-34(2)12-14-35;/h7-10,15,20-21H,3-6,11-14H2,1-2H3,(H,30,36)(H2,29,31,32,33);1H4/t20-,21+;/m0./s1. The van der Waals surface area contributed by atoms with Crippen LogP contribution in [-0.4, -0.2) is 76.9 Å². The molecular weight excluding hydrogens is 499 g/mol. The van der Waals surface area contributed by atoms with Crippen LogP contribution in [0.2, 0.25) is 0 Å². The van der Waals surface area contributed by atoms with Crippen LogP contribution in [0.5, 0.6) is 0 Å². The molecule has 9 nitrogen and oxygen atoms in total. The molecule has 2 amide bonds. The van der Waals surface area contributed by atoms with Crippen molar-refractivity contribution >= 4 is 29.3 Å². The Morgan fingerprint density at radius 1 is 1.00 bits per heavy atom. The summed E-state index contributed by atoms with van der Waals surface area (Å²) in [6.45, 7) is 4.35. The highest BCUT2D eigenvalue weighted by atomic mass is 19.4. The summed E-state index contributed by atoms with van der Waals surface area (Å²) in [4.78, 5) is 36.3. The molecule has 0 spiro atoms. The van der Waals surface area contributed by atoms with Crippen molar-refractivity contribution in [3.05, 3.63) is 41.6 Å². The van der Waals surface area contributed by atoms with Crippen molar-refractivity contribution in [2.45, 2.75) is 58.3 Å². The van der Waals surface area contributed by atoms with Crippen LogP contribution in [0.1, 0.15) is 56.0 Å². The normalized spacial score (nSPS) is 20.3.